The average Bonchev–Trinajstić information content (AvgIpc) is 2.34. The van der Waals surface area contributed by atoms with Crippen molar-refractivity contribution in [2.24, 2.45) is 5.73 Å². The highest BCUT2D eigenvalue weighted by molar-refractivity contribution is 5.80. The minimum absolute atomic E-state index is 0.258. The third-order valence-electron chi connectivity index (χ3n) is 3.84. The Labute approximate surface area is 104 Å². The summed E-state index contributed by atoms with van der Waals surface area (Å²) in [6.07, 6.45) is 6.01. The number of unbranched alkanes of at least 4 members (excludes halogenated alkanes) is 1. The molecule has 2 unspecified atom stereocenters. The monoisotopic (exact) mass is 242 g/mol. The summed E-state index contributed by atoms with van der Waals surface area (Å²) in [5, 5.41) is 0. The summed E-state index contributed by atoms with van der Waals surface area (Å²) < 4.78 is 4.82. The zero-order chi connectivity index (χ0) is 12.9. The first kappa shape index (κ1) is 14.5. The van der Waals surface area contributed by atoms with Crippen molar-refractivity contribution in [3.05, 3.63) is 0 Å². The van der Waals surface area contributed by atoms with Gasteiger partial charge in [0.1, 0.15) is 5.54 Å². The molecule has 0 aliphatic heterocycles. The Bertz CT molecular complexity index is 258. The third kappa shape index (κ3) is 3.68. The van der Waals surface area contributed by atoms with Crippen molar-refractivity contribution in [2.75, 3.05) is 20.7 Å². The maximum atomic E-state index is 11.7. The van der Waals surface area contributed by atoms with Gasteiger partial charge in [-0.25, -0.2) is 0 Å². The molecule has 2 N–H and O–H groups in total. The Morgan fingerprint density at radius 3 is 2.88 bits per heavy atom. The van der Waals surface area contributed by atoms with Crippen LogP contribution in [0.2, 0.25) is 0 Å². The molecule has 0 amide bonds. The van der Waals surface area contributed by atoms with E-state index in [2.05, 4.69) is 18.9 Å². The molecule has 1 rings (SSSR count). The van der Waals surface area contributed by atoms with Crippen LogP contribution in [0.25, 0.3) is 0 Å². The summed E-state index contributed by atoms with van der Waals surface area (Å²) in [4.78, 5) is 14.0. The smallest absolute Gasteiger partial charge is 0.325 e. The van der Waals surface area contributed by atoms with E-state index in [1.54, 1.807) is 0 Å². The van der Waals surface area contributed by atoms with Gasteiger partial charge in [0, 0.05) is 6.04 Å². The van der Waals surface area contributed by atoms with Crippen LogP contribution in [0.1, 0.15) is 45.4 Å². The number of hydrogen-bond acceptors (Lipinski definition) is 4. The van der Waals surface area contributed by atoms with Gasteiger partial charge in [0.25, 0.3) is 0 Å². The number of hydrogen-bond donors (Lipinski definition) is 1. The van der Waals surface area contributed by atoms with Crippen LogP contribution in [0.5, 0.6) is 0 Å². The number of carbonyl (C=O) groups excluding carboxylic acids is 1. The molecule has 1 aliphatic rings. The van der Waals surface area contributed by atoms with E-state index >= 15 is 0 Å². The van der Waals surface area contributed by atoms with Crippen molar-refractivity contribution in [1.29, 1.82) is 0 Å². The summed E-state index contributed by atoms with van der Waals surface area (Å²) in [5.74, 6) is -0.258. The molecule has 0 aromatic rings. The molecule has 1 fully saturated rings. The van der Waals surface area contributed by atoms with Crippen molar-refractivity contribution in [1.82, 2.24) is 4.90 Å². The minimum atomic E-state index is -0.766. The Morgan fingerprint density at radius 1 is 1.59 bits per heavy atom. The highest BCUT2D eigenvalue weighted by Gasteiger charge is 2.41. The molecule has 1 saturated carbocycles. The number of nitrogens with two attached hydrogens (primary N) is 1. The molecule has 0 bridgehead atoms. The number of methoxy groups -OCH3 is 1. The van der Waals surface area contributed by atoms with E-state index in [0.29, 0.717) is 6.04 Å². The van der Waals surface area contributed by atoms with E-state index < -0.39 is 5.54 Å². The molecule has 0 radical (unpaired) electrons. The molecule has 100 valence electrons. The second-order valence-electron chi connectivity index (χ2n) is 5.23. The highest BCUT2D eigenvalue weighted by atomic mass is 16.5. The summed E-state index contributed by atoms with van der Waals surface area (Å²) in [7, 11) is 3.55. The van der Waals surface area contributed by atoms with Gasteiger partial charge in [-0.05, 0) is 45.7 Å². The molecule has 2 atom stereocenters. The second-order valence-corrected chi connectivity index (χ2v) is 5.23. The van der Waals surface area contributed by atoms with E-state index in [1.165, 1.54) is 20.0 Å². The Balaban J connectivity index is 2.56. The Hall–Kier alpha value is -0.610. The number of esters is 1. The fraction of sp³-hybridized carbons (Fsp3) is 0.923. The van der Waals surface area contributed by atoms with Gasteiger partial charge in [0.15, 0.2) is 0 Å². The van der Waals surface area contributed by atoms with Crippen LogP contribution in [0.4, 0.5) is 0 Å². The quantitative estimate of drug-likeness (QED) is 0.743. The van der Waals surface area contributed by atoms with Crippen molar-refractivity contribution >= 4 is 5.97 Å². The summed E-state index contributed by atoms with van der Waals surface area (Å²) in [5.41, 5.74) is 5.40. The first-order valence-electron chi connectivity index (χ1n) is 6.61. The first-order valence-corrected chi connectivity index (χ1v) is 6.61. The molecule has 0 spiro atoms. The summed E-state index contributed by atoms with van der Waals surface area (Å²) in [6, 6.07) is 0.416. The normalized spacial score (nSPS) is 29.4. The van der Waals surface area contributed by atoms with Crippen LogP contribution in [-0.2, 0) is 9.53 Å². The molecule has 0 aromatic carbocycles. The van der Waals surface area contributed by atoms with E-state index in [0.717, 1.165) is 32.2 Å². The third-order valence-corrected chi connectivity index (χ3v) is 3.84. The van der Waals surface area contributed by atoms with Crippen LogP contribution in [0.15, 0.2) is 0 Å². The molecule has 4 heteroatoms. The van der Waals surface area contributed by atoms with E-state index in [9.17, 15) is 4.79 Å². The zero-order valence-corrected chi connectivity index (χ0v) is 11.4. The molecule has 0 heterocycles. The molecule has 0 saturated heterocycles. The van der Waals surface area contributed by atoms with Crippen molar-refractivity contribution in [3.63, 3.8) is 0 Å². The largest absolute Gasteiger partial charge is 0.468 e. The fourth-order valence-corrected chi connectivity index (χ4v) is 2.63. The summed E-state index contributed by atoms with van der Waals surface area (Å²) >= 11 is 0. The number of carbonyl (C=O) groups is 1. The second kappa shape index (κ2) is 6.36. The van der Waals surface area contributed by atoms with Crippen molar-refractivity contribution < 1.29 is 9.53 Å². The predicted octanol–water partition coefficient (Wildman–Crippen LogP) is 1.53. The topological polar surface area (TPSA) is 55.6 Å². The van der Waals surface area contributed by atoms with Gasteiger partial charge in [0.2, 0.25) is 0 Å². The number of rotatable bonds is 5. The van der Waals surface area contributed by atoms with E-state index in [-0.39, 0.29) is 5.97 Å². The van der Waals surface area contributed by atoms with Gasteiger partial charge in [-0.1, -0.05) is 13.3 Å². The van der Waals surface area contributed by atoms with Gasteiger partial charge < -0.3 is 15.4 Å². The minimum Gasteiger partial charge on any atom is -0.468 e. The van der Waals surface area contributed by atoms with Crippen molar-refractivity contribution in [2.45, 2.75) is 57.0 Å². The van der Waals surface area contributed by atoms with E-state index in [1.807, 2.05) is 0 Å². The Kier molecular flexibility index (Phi) is 5.40. The lowest BCUT2D eigenvalue weighted by Gasteiger charge is -2.39. The first-order chi connectivity index (χ1) is 8.03. The molecule has 17 heavy (non-hydrogen) atoms. The van der Waals surface area contributed by atoms with Gasteiger partial charge in [-0.3, -0.25) is 4.79 Å². The predicted molar refractivity (Wildman–Crippen MR) is 68.7 cm³/mol. The molecular formula is C13H26N2O2. The van der Waals surface area contributed by atoms with Crippen LogP contribution in [0.3, 0.4) is 0 Å². The lowest BCUT2D eigenvalue weighted by atomic mass is 9.79. The maximum absolute atomic E-state index is 11.7. The van der Waals surface area contributed by atoms with Gasteiger partial charge in [0.05, 0.1) is 7.11 Å². The number of ether oxygens (including phenoxy) is 1. The van der Waals surface area contributed by atoms with Gasteiger partial charge in [-0.2, -0.15) is 0 Å². The molecule has 1 aliphatic carbocycles. The number of nitrogens with zero attached hydrogens (tertiary/aromatic N) is 1. The molecule has 4 nitrogen and oxygen atoms in total. The maximum Gasteiger partial charge on any atom is 0.325 e. The lowest BCUT2D eigenvalue weighted by molar-refractivity contribution is -0.149. The molecule has 0 aromatic heterocycles. The van der Waals surface area contributed by atoms with Crippen LogP contribution in [0, 0.1) is 0 Å². The van der Waals surface area contributed by atoms with Crippen LogP contribution < -0.4 is 5.73 Å². The average molecular weight is 242 g/mol. The fourth-order valence-electron chi connectivity index (χ4n) is 2.63. The zero-order valence-electron chi connectivity index (χ0n) is 11.4. The van der Waals surface area contributed by atoms with Crippen molar-refractivity contribution in [3.8, 4) is 0 Å². The van der Waals surface area contributed by atoms with Crippen LogP contribution in [-0.4, -0.2) is 43.2 Å². The van der Waals surface area contributed by atoms with E-state index in [4.69, 9.17) is 10.5 Å². The lowest BCUT2D eigenvalue weighted by Crippen LogP contribution is -2.55. The summed E-state index contributed by atoms with van der Waals surface area (Å²) in [6.45, 7) is 3.27. The molecular weight excluding hydrogens is 216 g/mol. The van der Waals surface area contributed by atoms with Crippen LogP contribution >= 0.6 is 0 Å². The van der Waals surface area contributed by atoms with Gasteiger partial charge in [-0.15, -0.1) is 0 Å². The SMILES string of the molecule is CCCCN(C)C1CCCC(N)(C(=O)OC)C1. The Morgan fingerprint density at radius 2 is 2.29 bits per heavy atom. The van der Waals surface area contributed by atoms with Gasteiger partial charge >= 0.3 is 5.97 Å². The highest BCUT2D eigenvalue weighted by Crippen LogP contribution is 2.30. The standard InChI is InChI=1S/C13H26N2O2/c1-4-5-9-15(2)11-7-6-8-13(14,10-11)12(16)17-3/h11H,4-10,14H2,1-3H3.